The largest absolute Gasteiger partial charge is 0.492 e. The lowest BCUT2D eigenvalue weighted by molar-refractivity contribution is -0.234. The zero-order valence-corrected chi connectivity index (χ0v) is 15.6. The van der Waals surface area contributed by atoms with Crippen LogP contribution in [0.15, 0.2) is 48.5 Å². The number of nitrogens with zero attached hydrogens (tertiary/aromatic N) is 2. The molecule has 0 fully saturated rings. The van der Waals surface area contributed by atoms with Crippen LogP contribution in [0.25, 0.3) is 10.9 Å². The van der Waals surface area contributed by atoms with Gasteiger partial charge in [-0.2, -0.15) is 18.3 Å². The number of hydrogen-bond donors (Lipinski definition) is 1. The van der Waals surface area contributed by atoms with Crippen LogP contribution in [0, 0.1) is 0 Å². The van der Waals surface area contributed by atoms with Crippen molar-refractivity contribution in [2.24, 2.45) is 0 Å². The number of hydroxylamine groups is 2. The zero-order valence-electron chi connectivity index (χ0n) is 14.8. The number of alkyl halides is 3. The van der Waals surface area contributed by atoms with E-state index >= 15 is 0 Å². The molecule has 0 aliphatic rings. The van der Waals surface area contributed by atoms with Crippen molar-refractivity contribution in [3.05, 3.63) is 64.8 Å². The van der Waals surface area contributed by atoms with E-state index in [-0.39, 0.29) is 12.5 Å². The minimum Gasteiger partial charge on any atom is -0.361 e. The molecular formula is C19H17ClF3N3O2. The van der Waals surface area contributed by atoms with Crippen molar-refractivity contribution >= 4 is 28.5 Å². The fourth-order valence-electron chi connectivity index (χ4n) is 2.98. The van der Waals surface area contributed by atoms with Crippen LogP contribution in [0.4, 0.5) is 13.2 Å². The molecule has 0 aliphatic carbocycles. The fourth-order valence-corrected chi connectivity index (χ4v) is 3.18. The third kappa shape index (κ3) is 4.63. The molecule has 1 aromatic heterocycles. The van der Waals surface area contributed by atoms with Crippen molar-refractivity contribution in [2.75, 3.05) is 13.6 Å². The molecule has 5 nitrogen and oxygen atoms in total. The molecule has 3 aromatic rings. The average molecular weight is 412 g/mol. The first-order chi connectivity index (χ1) is 13.3. The van der Waals surface area contributed by atoms with Crippen LogP contribution in [0.3, 0.4) is 0 Å². The monoisotopic (exact) mass is 411 g/mol. The van der Waals surface area contributed by atoms with Crippen molar-refractivity contribution < 1.29 is 22.8 Å². The van der Waals surface area contributed by atoms with Crippen LogP contribution in [-0.2, 0) is 9.63 Å². The second-order valence-corrected chi connectivity index (χ2v) is 6.66. The summed E-state index contributed by atoms with van der Waals surface area (Å²) in [7, 11) is 1.29. The zero-order chi connectivity index (χ0) is 20.3. The van der Waals surface area contributed by atoms with E-state index in [2.05, 4.69) is 15.0 Å². The SMILES string of the molecule is CN(CCC(c1ccccc1)c1ccc2[nH]nc(Cl)c2c1)OC(=O)C(F)(F)F. The molecule has 9 heteroatoms. The lowest BCUT2D eigenvalue weighted by Gasteiger charge is -2.22. The first-order valence-corrected chi connectivity index (χ1v) is 8.82. The van der Waals surface area contributed by atoms with Crippen molar-refractivity contribution in [2.45, 2.75) is 18.5 Å². The highest BCUT2D eigenvalue weighted by Gasteiger charge is 2.42. The molecule has 3 rings (SSSR count). The molecule has 0 spiro atoms. The lowest BCUT2D eigenvalue weighted by atomic mass is 9.88. The van der Waals surface area contributed by atoms with Crippen LogP contribution in [-0.4, -0.2) is 41.0 Å². The molecule has 0 saturated carbocycles. The van der Waals surface area contributed by atoms with Gasteiger partial charge in [0.05, 0.1) is 5.52 Å². The summed E-state index contributed by atoms with van der Waals surface area (Å²) >= 11 is 6.11. The van der Waals surface area contributed by atoms with Gasteiger partial charge < -0.3 is 4.84 Å². The number of fused-ring (bicyclic) bond motifs is 1. The third-order valence-corrected chi connectivity index (χ3v) is 4.64. The maximum Gasteiger partial charge on any atom is 0.492 e. The molecule has 0 radical (unpaired) electrons. The molecule has 1 atom stereocenters. The van der Waals surface area contributed by atoms with Gasteiger partial charge in [0.25, 0.3) is 0 Å². The predicted octanol–water partition coefficient (Wildman–Crippen LogP) is 4.69. The van der Waals surface area contributed by atoms with E-state index in [0.29, 0.717) is 11.6 Å². The number of aromatic amines is 1. The molecule has 1 N–H and O–H groups in total. The van der Waals surface area contributed by atoms with Crippen LogP contribution in [0.1, 0.15) is 23.5 Å². The minimum absolute atomic E-state index is 0.110. The summed E-state index contributed by atoms with van der Waals surface area (Å²) in [5.41, 5.74) is 2.70. The van der Waals surface area contributed by atoms with E-state index < -0.39 is 12.1 Å². The Bertz CT molecular complexity index is 960. The van der Waals surface area contributed by atoms with Gasteiger partial charge in [0.1, 0.15) is 0 Å². The lowest BCUT2D eigenvalue weighted by Crippen LogP contribution is -2.33. The normalized spacial score (nSPS) is 13.1. The smallest absolute Gasteiger partial charge is 0.361 e. The Labute approximate surface area is 164 Å². The van der Waals surface area contributed by atoms with Crippen molar-refractivity contribution in [1.82, 2.24) is 15.3 Å². The van der Waals surface area contributed by atoms with Gasteiger partial charge in [-0.05, 0) is 29.7 Å². The van der Waals surface area contributed by atoms with Gasteiger partial charge in [0, 0.05) is 24.9 Å². The van der Waals surface area contributed by atoms with E-state index in [1.807, 2.05) is 48.5 Å². The summed E-state index contributed by atoms with van der Waals surface area (Å²) in [5.74, 6) is -2.37. The molecule has 0 bridgehead atoms. The number of nitrogens with one attached hydrogen (secondary N) is 1. The summed E-state index contributed by atoms with van der Waals surface area (Å²) in [4.78, 5) is 15.3. The quantitative estimate of drug-likeness (QED) is 0.598. The second-order valence-electron chi connectivity index (χ2n) is 6.30. The molecule has 0 saturated heterocycles. The van der Waals surface area contributed by atoms with Gasteiger partial charge in [-0.15, -0.1) is 5.06 Å². The summed E-state index contributed by atoms with van der Waals surface area (Å²) < 4.78 is 37.1. The average Bonchev–Trinajstić information content (AvgIpc) is 3.02. The molecular weight excluding hydrogens is 395 g/mol. The molecule has 2 aromatic carbocycles. The fraction of sp³-hybridized carbons (Fsp3) is 0.263. The maximum absolute atomic E-state index is 12.4. The summed E-state index contributed by atoms with van der Waals surface area (Å²) in [5, 5.41) is 8.80. The van der Waals surface area contributed by atoms with Gasteiger partial charge in [-0.25, -0.2) is 4.79 Å². The van der Waals surface area contributed by atoms with Crippen molar-refractivity contribution in [1.29, 1.82) is 0 Å². The van der Waals surface area contributed by atoms with Gasteiger partial charge in [-0.3, -0.25) is 5.10 Å². The number of carbonyl (C=O) groups is 1. The Morgan fingerprint density at radius 1 is 1.21 bits per heavy atom. The molecule has 1 unspecified atom stereocenters. The Morgan fingerprint density at radius 2 is 1.93 bits per heavy atom. The highest BCUT2D eigenvalue weighted by molar-refractivity contribution is 6.34. The maximum atomic E-state index is 12.4. The van der Waals surface area contributed by atoms with Crippen LogP contribution in [0.5, 0.6) is 0 Å². The number of carbonyl (C=O) groups excluding carboxylic acids is 1. The van der Waals surface area contributed by atoms with Gasteiger partial charge >= 0.3 is 12.1 Å². The van der Waals surface area contributed by atoms with Crippen LogP contribution in [0.2, 0.25) is 5.15 Å². The van der Waals surface area contributed by atoms with Crippen molar-refractivity contribution in [3.63, 3.8) is 0 Å². The van der Waals surface area contributed by atoms with E-state index in [4.69, 9.17) is 11.6 Å². The number of benzene rings is 2. The first-order valence-electron chi connectivity index (χ1n) is 8.44. The number of halogens is 4. The number of hydrogen-bond acceptors (Lipinski definition) is 4. The van der Waals surface area contributed by atoms with E-state index in [0.717, 1.165) is 27.1 Å². The van der Waals surface area contributed by atoms with Gasteiger partial charge in [0.2, 0.25) is 0 Å². The van der Waals surface area contributed by atoms with Crippen LogP contribution < -0.4 is 0 Å². The van der Waals surface area contributed by atoms with Gasteiger partial charge in [-0.1, -0.05) is 48.0 Å². The molecule has 0 aliphatic heterocycles. The first kappa shape index (κ1) is 20.2. The third-order valence-electron chi connectivity index (χ3n) is 4.35. The molecule has 148 valence electrons. The highest BCUT2D eigenvalue weighted by atomic mass is 35.5. The molecule has 0 amide bonds. The van der Waals surface area contributed by atoms with E-state index in [1.165, 1.54) is 7.05 Å². The second kappa shape index (κ2) is 8.20. The van der Waals surface area contributed by atoms with Crippen molar-refractivity contribution in [3.8, 4) is 0 Å². The number of H-pyrrole nitrogens is 1. The number of rotatable bonds is 6. The highest BCUT2D eigenvalue weighted by Crippen LogP contribution is 2.32. The van der Waals surface area contributed by atoms with E-state index in [9.17, 15) is 18.0 Å². The molecule has 1 heterocycles. The Hall–Kier alpha value is -2.58. The Kier molecular flexibility index (Phi) is 5.90. The minimum atomic E-state index is -5.03. The van der Waals surface area contributed by atoms with Gasteiger partial charge in [0.15, 0.2) is 5.15 Å². The summed E-state index contributed by atoms with van der Waals surface area (Å²) in [6.07, 6.45) is -4.61. The standard InChI is InChI=1S/C19H17ClF3N3O2/c1-26(28-18(27)19(21,22)23)10-9-14(12-5-3-2-4-6-12)13-7-8-16-15(11-13)17(20)25-24-16/h2-8,11,14H,9-10H2,1H3,(H,24,25). The van der Waals surface area contributed by atoms with E-state index in [1.54, 1.807) is 0 Å². The molecule has 28 heavy (non-hydrogen) atoms. The van der Waals surface area contributed by atoms with Crippen LogP contribution >= 0.6 is 11.6 Å². The number of aromatic nitrogens is 2. The Morgan fingerprint density at radius 3 is 2.61 bits per heavy atom. The Balaban J connectivity index is 1.82. The summed E-state index contributed by atoms with van der Waals surface area (Å²) in [6.45, 7) is 0.110. The topological polar surface area (TPSA) is 58.2 Å². The predicted molar refractivity (Wildman–Crippen MR) is 98.8 cm³/mol. The summed E-state index contributed by atoms with van der Waals surface area (Å²) in [6, 6.07) is 15.2.